The fraction of sp³-hybridized carbons (Fsp3) is 0.462. The van der Waals surface area contributed by atoms with Crippen LogP contribution in [-0.4, -0.2) is 40.9 Å². The number of rotatable bonds is 3. The van der Waals surface area contributed by atoms with E-state index < -0.39 is 5.54 Å². The maximum atomic E-state index is 12.2. The van der Waals surface area contributed by atoms with Gasteiger partial charge in [0.15, 0.2) is 0 Å². The molecule has 0 aliphatic carbocycles. The SMILES string of the molecule is COc1cc(CN2CC(=O)NC(C)(C)C2=O)ccn1. The maximum absolute atomic E-state index is 12.2. The normalized spacial score (nSPS) is 18.2. The third kappa shape index (κ3) is 2.83. The molecular weight excluding hydrogens is 246 g/mol. The molecule has 0 atom stereocenters. The fourth-order valence-electron chi connectivity index (χ4n) is 2.09. The zero-order valence-electron chi connectivity index (χ0n) is 11.3. The summed E-state index contributed by atoms with van der Waals surface area (Å²) in [5.74, 6) is 0.249. The van der Waals surface area contributed by atoms with Crippen LogP contribution in [0.25, 0.3) is 0 Å². The van der Waals surface area contributed by atoms with E-state index in [0.717, 1.165) is 5.56 Å². The summed E-state index contributed by atoms with van der Waals surface area (Å²) in [4.78, 5) is 29.4. The fourth-order valence-corrected chi connectivity index (χ4v) is 2.09. The lowest BCUT2D eigenvalue weighted by molar-refractivity contribution is -0.148. The van der Waals surface area contributed by atoms with E-state index in [1.165, 1.54) is 12.0 Å². The molecule has 1 aliphatic heterocycles. The molecule has 6 heteroatoms. The van der Waals surface area contributed by atoms with Gasteiger partial charge in [0.05, 0.1) is 13.7 Å². The molecule has 0 bridgehead atoms. The van der Waals surface area contributed by atoms with Crippen molar-refractivity contribution in [1.82, 2.24) is 15.2 Å². The summed E-state index contributed by atoms with van der Waals surface area (Å²) >= 11 is 0. The Morgan fingerprint density at radius 3 is 2.89 bits per heavy atom. The largest absolute Gasteiger partial charge is 0.481 e. The number of hydrogen-bond acceptors (Lipinski definition) is 4. The highest BCUT2D eigenvalue weighted by atomic mass is 16.5. The van der Waals surface area contributed by atoms with Crippen LogP contribution in [0.1, 0.15) is 19.4 Å². The van der Waals surface area contributed by atoms with E-state index in [-0.39, 0.29) is 18.4 Å². The van der Waals surface area contributed by atoms with Crippen molar-refractivity contribution in [1.29, 1.82) is 0 Å². The van der Waals surface area contributed by atoms with Crippen molar-refractivity contribution in [2.45, 2.75) is 25.9 Å². The monoisotopic (exact) mass is 263 g/mol. The summed E-state index contributed by atoms with van der Waals surface area (Å²) < 4.78 is 5.04. The zero-order chi connectivity index (χ0) is 14.0. The molecule has 1 fully saturated rings. The first kappa shape index (κ1) is 13.3. The summed E-state index contributed by atoms with van der Waals surface area (Å²) in [6.07, 6.45) is 1.62. The molecule has 0 radical (unpaired) electrons. The highest BCUT2D eigenvalue weighted by Crippen LogP contribution is 2.17. The zero-order valence-corrected chi connectivity index (χ0v) is 11.3. The van der Waals surface area contributed by atoms with Crippen molar-refractivity contribution in [3.05, 3.63) is 23.9 Å². The van der Waals surface area contributed by atoms with E-state index in [0.29, 0.717) is 12.4 Å². The molecule has 1 saturated heterocycles. The summed E-state index contributed by atoms with van der Waals surface area (Å²) in [6.45, 7) is 3.85. The van der Waals surface area contributed by atoms with E-state index in [4.69, 9.17) is 4.74 Å². The number of nitrogens with one attached hydrogen (secondary N) is 1. The lowest BCUT2D eigenvalue weighted by Crippen LogP contribution is -2.63. The molecular formula is C13H17N3O3. The highest BCUT2D eigenvalue weighted by Gasteiger charge is 2.38. The minimum atomic E-state index is -0.855. The molecule has 1 aromatic heterocycles. The van der Waals surface area contributed by atoms with Crippen LogP contribution in [0.3, 0.4) is 0 Å². The topological polar surface area (TPSA) is 71.5 Å². The molecule has 1 N–H and O–H groups in total. The van der Waals surface area contributed by atoms with Gasteiger partial charge in [-0.25, -0.2) is 4.98 Å². The van der Waals surface area contributed by atoms with E-state index >= 15 is 0 Å². The van der Waals surface area contributed by atoms with Gasteiger partial charge in [-0.3, -0.25) is 9.59 Å². The molecule has 1 aliphatic rings. The first-order valence-electron chi connectivity index (χ1n) is 6.01. The Morgan fingerprint density at radius 2 is 2.21 bits per heavy atom. The third-order valence-electron chi connectivity index (χ3n) is 2.99. The maximum Gasteiger partial charge on any atom is 0.248 e. The van der Waals surface area contributed by atoms with Crippen LogP contribution in [-0.2, 0) is 16.1 Å². The highest BCUT2D eigenvalue weighted by molar-refractivity contribution is 5.97. The van der Waals surface area contributed by atoms with Crippen molar-refractivity contribution in [2.24, 2.45) is 0 Å². The average molecular weight is 263 g/mol. The molecule has 2 heterocycles. The van der Waals surface area contributed by atoms with Crippen LogP contribution in [0.15, 0.2) is 18.3 Å². The van der Waals surface area contributed by atoms with Crippen molar-refractivity contribution >= 4 is 11.8 Å². The van der Waals surface area contributed by atoms with Crippen molar-refractivity contribution in [3.8, 4) is 5.88 Å². The van der Waals surface area contributed by atoms with Gasteiger partial charge in [-0.2, -0.15) is 0 Å². The predicted molar refractivity (Wildman–Crippen MR) is 68.4 cm³/mol. The van der Waals surface area contributed by atoms with Gasteiger partial charge in [0.1, 0.15) is 5.54 Å². The van der Waals surface area contributed by atoms with Gasteiger partial charge in [0.25, 0.3) is 0 Å². The molecule has 0 saturated carbocycles. The third-order valence-corrected chi connectivity index (χ3v) is 2.99. The molecule has 6 nitrogen and oxygen atoms in total. The Morgan fingerprint density at radius 1 is 1.47 bits per heavy atom. The van der Waals surface area contributed by atoms with Crippen LogP contribution in [0.5, 0.6) is 5.88 Å². The van der Waals surface area contributed by atoms with Crippen molar-refractivity contribution in [3.63, 3.8) is 0 Å². The van der Waals surface area contributed by atoms with E-state index in [9.17, 15) is 9.59 Å². The smallest absolute Gasteiger partial charge is 0.248 e. The minimum absolute atomic E-state index is 0.0763. The molecule has 1 aromatic rings. The number of carbonyl (C=O) groups is 2. The minimum Gasteiger partial charge on any atom is -0.481 e. The number of methoxy groups -OCH3 is 1. The van der Waals surface area contributed by atoms with Gasteiger partial charge in [-0.1, -0.05) is 0 Å². The first-order chi connectivity index (χ1) is 8.92. The number of nitrogens with zero attached hydrogens (tertiary/aromatic N) is 2. The first-order valence-corrected chi connectivity index (χ1v) is 6.01. The summed E-state index contributed by atoms with van der Waals surface area (Å²) in [7, 11) is 1.54. The van der Waals surface area contributed by atoms with Crippen molar-refractivity contribution in [2.75, 3.05) is 13.7 Å². The van der Waals surface area contributed by atoms with Crippen LogP contribution >= 0.6 is 0 Å². The molecule has 102 valence electrons. The predicted octanol–water partition coefficient (Wildman–Crippen LogP) is 0.327. The van der Waals surface area contributed by atoms with Gasteiger partial charge >= 0.3 is 0 Å². The van der Waals surface area contributed by atoms with E-state index in [1.807, 2.05) is 0 Å². The number of hydrogen-bond donors (Lipinski definition) is 1. The van der Waals surface area contributed by atoms with Gasteiger partial charge in [-0.15, -0.1) is 0 Å². The molecule has 2 rings (SSSR count). The Labute approximate surface area is 111 Å². The molecule has 0 unspecified atom stereocenters. The number of ether oxygens (including phenoxy) is 1. The Hall–Kier alpha value is -2.11. The second-order valence-corrected chi connectivity index (χ2v) is 5.04. The van der Waals surface area contributed by atoms with Crippen molar-refractivity contribution < 1.29 is 14.3 Å². The lowest BCUT2D eigenvalue weighted by atomic mass is 10.00. The van der Waals surface area contributed by atoms with Gasteiger partial charge in [0, 0.05) is 18.8 Å². The average Bonchev–Trinajstić information content (AvgIpc) is 2.35. The summed E-state index contributed by atoms with van der Waals surface area (Å²) in [5, 5.41) is 2.68. The lowest BCUT2D eigenvalue weighted by Gasteiger charge is -2.37. The number of aromatic nitrogens is 1. The van der Waals surface area contributed by atoms with E-state index in [1.54, 1.807) is 32.2 Å². The van der Waals surface area contributed by atoms with Crippen LogP contribution in [0, 0.1) is 0 Å². The summed E-state index contributed by atoms with van der Waals surface area (Å²) in [6, 6.07) is 3.56. The van der Waals surface area contributed by atoms with Crippen LogP contribution < -0.4 is 10.1 Å². The standard InChI is InChI=1S/C13H17N3O3/c1-13(2)12(18)16(8-10(17)15-13)7-9-4-5-14-11(6-9)19-3/h4-6H,7-8H2,1-3H3,(H,15,17). The van der Waals surface area contributed by atoms with E-state index in [2.05, 4.69) is 10.3 Å². The second-order valence-electron chi connectivity index (χ2n) is 5.04. The van der Waals surface area contributed by atoms with Crippen LogP contribution in [0.4, 0.5) is 0 Å². The Bertz CT molecular complexity index is 514. The summed E-state index contributed by atoms with van der Waals surface area (Å²) in [5.41, 5.74) is 0.0256. The molecule has 0 spiro atoms. The van der Waals surface area contributed by atoms with Crippen LogP contribution in [0.2, 0.25) is 0 Å². The molecule has 0 aromatic carbocycles. The van der Waals surface area contributed by atoms with Gasteiger partial charge in [0.2, 0.25) is 17.7 Å². The Balaban J connectivity index is 2.17. The van der Waals surface area contributed by atoms with Gasteiger partial charge < -0.3 is 15.0 Å². The quantitative estimate of drug-likeness (QED) is 0.853. The molecule has 2 amide bonds. The number of pyridine rings is 1. The number of piperazine rings is 1. The second kappa shape index (κ2) is 4.87. The Kier molecular flexibility index (Phi) is 3.42. The number of amides is 2. The van der Waals surface area contributed by atoms with Gasteiger partial charge in [-0.05, 0) is 25.5 Å². The number of carbonyl (C=O) groups excluding carboxylic acids is 2. The molecule has 19 heavy (non-hydrogen) atoms.